The Morgan fingerprint density at radius 2 is 1.74 bits per heavy atom. The average molecular weight is 270 g/mol. The molecule has 0 amide bonds. The second-order valence-electron chi connectivity index (χ2n) is 4.16. The van der Waals surface area contributed by atoms with E-state index in [2.05, 4.69) is 6.58 Å². The van der Waals surface area contributed by atoms with Crippen molar-refractivity contribution in [3.8, 4) is 0 Å². The molecule has 0 aliphatic rings. The number of rotatable bonds is 9. The van der Waals surface area contributed by atoms with Crippen LogP contribution < -0.4 is 0 Å². The van der Waals surface area contributed by atoms with E-state index in [0.29, 0.717) is 24.2 Å². The quantitative estimate of drug-likeness (QED) is 0.392. The fourth-order valence-electron chi connectivity index (χ4n) is 1.19. The molecule has 19 heavy (non-hydrogen) atoms. The van der Waals surface area contributed by atoms with Crippen LogP contribution in [-0.4, -0.2) is 36.9 Å². The normalized spacial score (nSPS) is 11.0. The van der Waals surface area contributed by atoms with Gasteiger partial charge in [-0.05, 0) is 33.1 Å². The highest BCUT2D eigenvalue weighted by Crippen LogP contribution is 2.04. The monoisotopic (exact) mass is 270 g/mol. The number of hydrogen-bond donors (Lipinski definition) is 1. The van der Waals surface area contributed by atoms with Crippen molar-refractivity contribution in [2.75, 3.05) is 19.8 Å². The Labute approximate surface area is 113 Å². The highest BCUT2D eigenvalue weighted by atomic mass is 16.5. The predicted octanol–water partition coefficient (Wildman–Crippen LogP) is 1.76. The second kappa shape index (κ2) is 10.3. The van der Waals surface area contributed by atoms with Gasteiger partial charge in [0.1, 0.15) is 6.61 Å². The molecule has 0 atom stereocenters. The largest absolute Gasteiger partial charge is 0.462 e. The van der Waals surface area contributed by atoms with E-state index in [-0.39, 0.29) is 19.2 Å². The predicted molar refractivity (Wildman–Crippen MR) is 71.4 cm³/mol. The minimum atomic E-state index is -0.414. The fraction of sp³-hybridized carbons (Fsp3) is 0.571. The molecular formula is C14H22O5. The third-order valence-corrected chi connectivity index (χ3v) is 2.28. The molecule has 0 saturated carbocycles. The molecule has 0 aliphatic heterocycles. The molecule has 0 unspecified atom stereocenters. The number of allylic oxidation sites excluding steroid dienone is 1. The minimum absolute atomic E-state index is 0.0148. The molecule has 0 heterocycles. The Hall–Kier alpha value is -1.62. The summed E-state index contributed by atoms with van der Waals surface area (Å²) in [6.07, 6.45) is 4.04. The van der Waals surface area contributed by atoms with Gasteiger partial charge in [-0.15, -0.1) is 0 Å². The number of carbonyl (C=O) groups is 2. The Bertz CT molecular complexity index is 344. The van der Waals surface area contributed by atoms with E-state index >= 15 is 0 Å². The summed E-state index contributed by atoms with van der Waals surface area (Å²) in [5.41, 5.74) is 0.912. The van der Waals surface area contributed by atoms with Crippen LogP contribution in [0.5, 0.6) is 0 Å². The molecule has 0 aromatic heterocycles. The number of hydrogen-bond acceptors (Lipinski definition) is 5. The number of aliphatic hydroxyl groups excluding tert-OH is 1. The van der Waals surface area contributed by atoms with Gasteiger partial charge in [-0.25, -0.2) is 9.59 Å². The first-order chi connectivity index (χ1) is 8.99. The number of aliphatic hydroxyl groups is 1. The van der Waals surface area contributed by atoms with E-state index in [4.69, 9.17) is 14.6 Å². The summed E-state index contributed by atoms with van der Waals surface area (Å²) in [5, 5.41) is 8.51. The summed E-state index contributed by atoms with van der Waals surface area (Å²) >= 11 is 0. The maximum Gasteiger partial charge on any atom is 0.333 e. The zero-order chi connectivity index (χ0) is 14.7. The van der Waals surface area contributed by atoms with E-state index in [0.717, 1.165) is 12.8 Å². The molecule has 0 radical (unpaired) electrons. The Balaban J connectivity index is 3.69. The number of ether oxygens (including phenoxy) is 2. The molecule has 5 heteroatoms. The lowest BCUT2D eigenvalue weighted by atomic mass is 10.2. The van der Waals surface area contributed by atoms with Crippen molar-refractivity contribution >= 4 is 11.9 Å². The van der Waals surface area contributed by atoms with Crippen molar-refractivity contribution in [2.45, 2.75) is 33.1 Å². The molecule has 0 saturated heterocycles. The van der Waals surface area contributed by atoms with Crippen molar-refractivity contribution in [3.63, 3.8) is 0 Å². The van der Waals surface area contributed by atoms with Gasteiger partial charge in [0.05, 0.1) is 13.2 Å². The van der Waals surface area contributed by atoms with Crippen molar-refractivity contribution in [1.29, 1.82) is 0 Å². The Kier molecular flexibility index (Phi) is 9.44. The van der Waals surface area contributed by atoms with Crippen LogP contribution in [0, 0.1) is 0 Å². The fourth-order valence-corrected chi connectivity index (χ4v) is 1.19. The highest BCUT2D eigenvalue weighted by Gasteiger charge is 2.04. The summed E-state index contributed by atoms with van der Waals surface area (Å²) in [7, 11) is 0. The molecular weight excluding hydrogens is 248 g/mol. The number of unbranched alkanes of at least 4 members (excludes halogenated alkanes) is 2. The van der Waals surface area contributed by atoms with Crippen molar-refractivity contribution in [3.05, 3.63) is 23.8 Å². The van der Waals surface area contributed by atoms with Gasteiger partial charge in [0.2, 0.25) is 0 Å². The molecule has 0 aromatic rings. The minimum Gasteiger partial charge on any atom is -0.462 e. The standard InChI is InChI=1S/C14H22O5/c1-11(2)13(16)18-9-6-4-5-7-12(3)14(17)19-10-8-15/h7,15H,1,4-6,8-10H2,2-3H3. The lowest BCUT2D eigenvalue weighted by Gasteiger charge is -2.04. The molecule has 0 rings (SSSR count). The molecule has 0 spiro atoms. The summed E-state index contributed by atoms with van der Waals surface area (Å²) in [5.74, 6) is -0.790. The van der Waals surface area contributed by atoms with Gasteiger partial charge in [-0.1, -0.05) is 12.7 Å². The van der Waals surface area contributed by atoms with Gasteiger partial charge < -0.3 is 14.6 Å². The van der Waals surface area contributed by atoms with Crippen LogP contribution in [0.2, 0.25) is 0 Å². The van der Waals surface area contributed by atoms with Crippen molar-refractivity contribution in [1.82, 2.24) is 0 Å². The zero-order valence-electron chi connectivity index (χ0n) is 11.6. The molecule has 1 N–H and O–H groups in total. The summed E-state index contributed by atoms with van der Waals surface area (Å²) in [4.78, 5) is 22.4. The van der Waals surface area contributed by atoms with Crippen LogP contribution in [0.3, 0.4) is 0 Å². The number of carbonyl (C=O) groups excluding carboxylic acids is 2. The maximum atomic E-state index is 11.3. The molecule has 0 aromatic carbocycles. The van der Waals surface area contributed by atoms with Gasteiger partial charge in [-0.2, -0.15) is 0 Å². The summed E-state index contributed by atoms with van der Waals surface area (Å²) in [6, 6.07) is 0. The Morgan fingerprint density at radius 1 is 1.11 bits per heavy atom. The lowest BCUT2D eigenvalue weighted by Crippen LogP contribution is -2.09. The first-order valence-electron chi connectivity index (χ1n) is 6.26. The van der Waals surface area contributed by atoms with Crippen LogP contribution >= 0.6 is 0 Å². The van der Waals surface area contributed by atoms with E-state index in [9.17, 15) is 9.59 Å². The molecule has 108 valence electrons. The van der Waals surface area contributed by atoms with Gasteiger partial charge >= 0.3 is 11.9 Å². The SMILES string of the molecule is C=C(C)C(=O)OCCCCC=C(C)C(=O)OCCO. The smallest absolute Gasteiger partial charge is 0.333 e. The second-order valence-corrected chi connectivity index (χ2v) is 4.16. The first kappa shape index (κ1) is 17.4. The molecule has 5 nitrogen and oxygen atoms in total. The van der Waals surface area contributed by atoms with Crippen LogP contribution in [0.15, 0.2) is 23.8 Å². The average Bonchev–Trinajstić information content (AvgIpc) is 2.38. The third kappa shape index (κ3) is 9.02. The number of esters is 2. The van der Waals surface area contributed by atoms with E-state index in [1.165, 1.54) is 0 Å². The first-order valence-corrected chi connectivity index (χ1v) is 6.26. The van der Waals surface area contributed by atoms with Crippen LogP contribution in [0.4, 0.5) is 0 Å². The third-order valence-electron chi connectivity index (χ3n) is 2.28. The lowest BCUT2D eigenvalue weighted by molar-refractivity contribution is -0.140. The molecule has 0 bridgehead atoms. The topological polar surface area (TPSA) is 72.8 Å². The van der Waals surface area contributed by atoms with Gasteiger partial charge in [-0.3, -0.25) is 0 Å². The maximum absolute atomic E-state index is 11.3. The van der Waals surface area contributed by atoms with E-state index in [1.807, 2.05) is 0 Å². The van der Waals surface area contributed by atoms with Gasteiger partial charge in [0.25, 0.3) is 0 Å². The van der Waals surface area contributed by atoms with Crippen molar-refractivity contribution < 1.29 is 24.2 Å². The van der Waals surface area contributed by atoms with E-state index in [1.54, 1.807) is 19.9 Å². The zero-order valence-corrected chi connectivity index (χ0v) is 11.6. The molecule has 0 fully saturated rings. The van der Waals surface area contributed by atoms with Crippen LogP contribution in [0.1, 0.15) is 33.1 Å². The summed E-state index contributed by atoms with van der Waals surface area (Å²) in [6.45, 7) is 6.95. The van der Waals surface area contributed by atoms with Crippen LogP contribution in [-0.2, 0) is 19.1 Å². The molecule has 0 aliphatic carbocycles. The Morgan fingerprint density at radius 3 is 2.32 bits per heavy atom. The summed E-state index contributed by atoms with van der Waals surface area (Å²) < 4.78 is 9.69. The highest BCUT2D eigenvalue weighted by molar-refractivity contribution is 5.87. The van der Waals surface area contributed by atoms with Crippen LogP contribution in [0.25, 0.3) is 0 Å². The van der Waals surface area contributed by atoms with Crippen molar-refractivity contribution in [2.24, 2.45) is 0 Å². The van der Waals surface area contributed by atoms with Gasteiger partial charge in [0.15, 0.2) is 0 Å². The van der Waals surface area contributed by atoms with E-state index < -0.39 is 5.97 Å². The van der Waals surface area contributed by atoms with Gasteiger partial charge in [0, 0.05) is 11.1 Å².